The highest BCUT2D eigenvalue weighted by Gasteiger charge is 2.17. The van der Waals surface area contributed by atoms with Gasteiger partial charge in [0.1, 0.15) is 12.2 Å². The molecule has 2 aromatic rings. The SMILES string of the molecule is COc1cccc2cc(C(=O)OCCN3CCOCC3)c(=O)oc12. The molecule has 3 rings (SSSR count). The van der Waals surface area contributed by atoms with Crippen molar-refractivity contribution in [2.45, 2.75) is 0 Å². The molecule has 0 atom stereocenters. The Bertz CT molecular complexity index is 778. The number of ether oxygens (including phenoxy) is 3. The zero-order valence-electron chi connectivity index (χ0n) is 13.4. The molecule has 0 unspecified atom stereocenters. The third-order valence-corrected chi connectivity index (χ3v) is 3.91. The summed E-state index contributed by atoms with van der Waals surface area (Å²) in [5.74, 6) is -0.237. The van der Waals surface area contributed by atoms with E-state index in [1.807, 2.05) is 0 Å². The first-order chi connectivity index (χ1) is 11.7. The Hall–Kier alpha value is -2.38. The van der Waals surface area contributed by atoms with Crippen LogP contribution in [0.1, 0.15) is 10.4 Å². The molecular formula is C17H19NO6. The van der Waals surface area contributed by atoms with Crippen LogP contribution in [0, 0.1) is 0 Å². The molecule has 0 N–H and O–H groups in total. The number of morpholine rings is 1. The normalized spacial score (nSPS) is 15.4. The second kappa shape index (κ2) is 7.46. The van der Waals surface area contributed by atoms with Crippen LogP contribution in [0.25, 0.3) is 11.0 Å². The second-order valence-corrected chi connectivity index (χ2v) is 5.42. The molecule has 24 heavy (non-hydrogen) atoms. The fourth-order valence-corrected chi connectivity index (χ4v) is 2.59. The first-order valence-corrected chi connectivity index (χ1v) is 7.77. The first-order valence-electron chi connectivity index (χ1n) is 7.77. The number of esters is 1. The quantitative estimate of drug-likeness (QED) is 0.602. The van der Waals surface area contributed by atoms with E-state index in [1.165, 1.54) is 13.2 Å². The Balaban J connectivity index is 1.70. The maximum Gasteiger partial charge on any atom is 0.351 e. The van der Waals surface area contributed by atoms with E-state index in [9.17, 15) is 9.59 Å². The number of nitrogens with zero attached hydrogens (tertiary/aromatic N) is 1. The lowest BCUT2D eigenvalue weighted by molar-refractivity contribution is 0.0194. The molecule has 1 saturated heterocycles. The van der Waals surface area contributed by atoms with Gasteiger partial charge in [0.05, 0.1) is 20.3 Å². The molecular weight excluding hydrogens is 314 g/mol. The number of benzene rings is 1. The van der Waals surface area contributed by atoms with Gasteiger partial charge in [0, 0.05) is 25.0 Å². The predicted molar refractivity (Wildman–Crippen MR) is 86.6 cm³/mol. The van der Waals surface area contributed by atoms with Crippen molar-refractivity contribution in [1.29, 1.82) is 0 Å². The monoisotopic (exact) mass is 333 g/mol. The van der Waals surface area contributed by atoms with E-state index in [2.05, 4.69) is 4.90 Å². The van der Waals surface area contributed by atoms with Gasteiger partial charge in [-0.2, -0.15) is 0 Å². The Labute approximate surface area is 138 Å². The molecule has 0 aliphatic carbocycles. The van der Waals surface area contributed by atoms with Crippen molar-refractivity contribution < 1.29 is 23.4 Å². The number of para-hydroxylation sites is 1. The summed E-state index contributed by atoms with van der Waals surface area (Å²) in [5.41, 5.74) is -0.532. The first kappa shape index (κ1) is 16.5. The van der Waals surface area contributed by atoms with E-state index < -0.39 is 11.6 Å². The van der Waals surface area contributed by atoms with Crippen LogP contribution in [-0.4, -0.2) is 57.4 Å². The molecule has 1 aliphatic heterocycles. The van der Waals surface area contributed by atoms with Crippen molar-refractivity contribution in [3.8, 4) is 5.75 Å². The van der Waals surface area contributed by atoms with Crippen LogP contribution < -0.4 is 10.4 Å². The second-order valence-electron chi connectivity index (χ2n) is 5.42. The average Bonchev–Trinajstić information content (AvgIpc) is 2.61. The van der Waals surface area contributed by atoms with Gasteiger partial charge in [-0.3, -0.25) is 4.90 Å². The molecule has 0 spiro atoms. The fraction of sp³-hybridized carbons (Fsp3) is 0.412. The van der Waals surface area contributed by atoms with E-state index in [4.69, 9.17) is 18.6 Å². The van der Waals surface area contributed by atoms with Gasteiger partial charge in [-0.1, -0.05) is 12.1 Å². The van der Waals surface area contributed by atoms with Gasteiger partial charge in [-0.05, 0) is 12.1 Å². The highest BCUT2D eigenvalue weighted by molar-refractivity contribution is 5.94. The summed E-state index contributed by atoms with van der Waals surface area (Å²) in [5, 5.41) is 0.606. The number of carbonyl (C=O) groups is 1. The average molecular weight is 333 g/mol. The maximum atomic E-state index is 12.1. The summed E-state index contributed by atoms with van der Waals surface area (Å²) in [6.45, 7) is 3.83. The van der Waals surface area contributed by atoms with Crippen molar-refractivity contribution >= 4 is 16.9 Å². The van der Waals surface area contributed by atoms with Crippen LogP contribution in [0.2, 0.25) is 0 Å². The summed E-state index contributed by atoms with van der Waals surface area (Å²) in [6, 6.07) is 6.66. The third kappa shape index (κ3) is 3.58. The van der Waals surface area contributed by atoms with Crippen LogP contribution >= 0.6 is 0 Å². The van der Waals surface area contributed by atoms with Gasteiger partial charge >= 0.3 is 11.6 Å². The predicted octanol–water partition coefficient (Wildman–Crippen LogP) is 1.29. The summed E-state index contributed by atoms with van der Waals surface area (Å²) >= 11 is 0. The van der Waals surface area contributed by atoms with Crippen molar-refractivity contribution in [1.82, 2.24) is 4.90 Å². The topological polar surface area (TPSA) is 78.2 Å². The summed E-state index contributed by atoms with van der Waals surface area (Å²) < 4.78 is 20.8. The molecule has 7 heteroatoms. The van der Waals surface area contributed by atoms with E-state index in [1.54, 1.807) is 18.2 Å². The number of hydrogen-bond donors (Lipinski definition) is 0. The van der Waals surface area contributed by atoms with Gasteiger partial charge in [-0.15, -0.1) is 0 Å². The third-order valence-electron chi connectivity index (χ3n) is 3.91. The van der Waals surface area contributed by atoms with Gasteiger partial charge < -0.3 is 18.6 Å². The molecule has 2 heterocycles. The molecule has 0 amide bonds. The largest absolute Gasteiger partial charge is 0.493 e. The zero-order chi connectivity index (χ0) is 16.9. The lowest BCUT2D eigenvalue weighted by Gasteiger charge is -2.26. The smallest absolute Gasteiger partial charge is 0.351 e. The summed E-state index contributed by atoms with van der Waals surface area (Å²) in [7, 11) is 1.49. The summed E-state index contributed by atoms with van der Waals surface area (Å²) in [4.78, 5) is 26.3. The summed E-state index contributed by atoms with van der Waals surface area (Å²) in [6.07, 6.45) is 0. The van der Waals surface area contributed by atoms with Crippen molar-refractivity contribution in [2.75, 3.05) is 46.6 Å². The number of rotatable bonds is 5. The maximum absolute atomic E-state index is 12.1. The Morgan fingerprint density at radius 3 is 2.83 bits per heavy atom. The lowest BCUT2D eigenvalue weighted by Crippen LogP contribution is -2.38. The molecule has 7 nitrogen and oxygen atoms in total. The van der Waals surface area contributed by atoms with Crippen LogP contribution in [-0.2, 0) is 9.47 Å². The lowest BCUT2D eigenvalue weighted by atomic mass is 10.2. The number of methoxy groups -OCH3 is 1. The minimum absolute atomic E-state index is 0.113. The van der Waals surface area contributed by atoms with E-state index in [-0.39, 0.29) is 12.2 Å². The Kier molecular flexibility index (Phi) is 5.12. The Morgan fingerprint density at radius 2 is 2.08 bits per heavy atom. The number of hydrogen-bond acceptors (Lipinski definition) is 7. The Morgan fingerprint density at radius 1 is 1.29 bits per heavy atom. The zero-order valence-corrected chi connectivity index (χ0v) is 13.4. The van der Waals surface area contributed by atoms with Crippen LogP contribution in [0.5, 0.6) is 5.75 Å². The molecule has 128 valence electrons. The fourth-order valence-electron chi connectivity index (χ4n) is 2.59. The van der Waals surface area contributed by atoms with Gasteiger partial charge in [0.15, 0.2) is 11.3 Å². The van der Waals surface area contributed by atoms with E-state index >= 15 is 0 Å². The molecule has 1 fully saturated rings. The van der Waals surface area contributed by atoms with Crippen LogP contribution in [0.3, 0.4) is 0 Å². The van der Waals surface area contributed by atoms with Crippen molar-refractivity contribution in [3.05, 3.63) is 40.2 Å². The molecule has 0 saturated carbocycles. The minimum Gasteiger partial charge on any atom is -0.493 e. The molecule has 1 aromatic carbocycles. The van der Waals surface area contributed by atoms with Crippen molar-refractivity contribution in [3.63, 3.8) is 0 Å². The minimum atomic E-state index is -0.733. The number of carbonyl (C=O) groups excluding carboxylic acids is 1. The van der Waals surface area contributed by atoms with E-state index in [0.717, 1.165) is 13.1 Å². The van der Waals surface area contributed by atoms with Gasteiger partial charge in [0.2, 0.25) is 0 Å². The molecule has 1 aromatic heterocycles. The van der Waals surface area contributed by atoms with Crippen LogP contribution in [0.4, 0.5) is 0 Å². The highest BCUT2D eigenvalue weighted by Crippen LogP contribution is 2.24. The molecule has 0 radical (unpaired) electrons. The van der Waals surface area contributed by atoms with Crippen LogP contribution in [0.15, 0.2) is 33.5 Å². The van der Waals surface area contributed by atoms with Crippen molar-refractivity contribution in [2.24, 2.45) is 0 Å². The molecule has 0 bridgehead atoms. The molecule has 1 aliphatic rings. The van der Waals surface area contributed by atoms with Gasteiger partial charge in [0.25, 0.3) is 0 Å². The number of fused-ring (bicyclic) bond motifs is 1. The highest BCUT2D eigenvalue weighted by atomic mass is 16.5. The standard InChI is InChI=1S/C17H19NO6/c1-21-14-4-2-3-12-11-13(17(20)24-15(12)14)16(19)23-10-7-18-5-8-22-9-6-18/h2-4,11H,5-10H2,1H3. The van der Waals surface area contributed by atoms with Gasteiger partial charge in [-0.25, -0.2) is 9.59 Å². The van der Waals surface area contributed by atoms with E-state index in [0.29, 0.717) is 36.5 Å².